The molecular formula is C26H24ClN4O4S+. The number of halogens is 1. The molecule has 6 N–H and O–H groups in total. The number of ether oxygens (including phenoxy) is 1. The number of carbonyl (C=O) groups is 1. The van der Waals surface area contributed by atoms with Crippen LogP contribution in [0.15, 0.2) is 88.1 Å². The van der Waals surface area contributed by atoms with E-state index in [2.05, 4.69) is 10.6 Å². The van der Waals surface area contributed by atoms with Crippen LogP contribution in [0.1, 0.15) is 17.2 Å². The summed E-state index contributed by atoms with van der Waals surface area (Å²) in [5, 5.41) is 12.2. The Morgan fingerprint density at radius 3 is 2.28 bits per heavy atom. The molecular weight excluding hydrogens is 500 g/mol. The quantitative estimate of drug-likeness (QED) is 0.159. The molecule has 0 spiro atoms. The van der Waals surface area contributed by atoms with Crippen molar-refractivity contribution in [2.45, 2.75) is 6.04 Å². The topological polar surface area (TPSA) is 132 Å². The molecule has 8 nitrogen and oxygen atoms in total. The molecule has 0 unspecified atom stereocenters. The fourth-order valence-electron chi connectivity index (χ4n) is 3.61. The standard InChI is InChI=1S/C26H23ClN4O4S/c27-21-19-12-11-18(15-20(19)23(32)35-24(21)34-13-14-36-25(28)29)30-26(33)31-22(16-7-3-1-4-8-16)17-9-5-2-6-10-17/h1-12,15,22H,13-14H2,(H3,28,29)(H2,30,31,33)/p+1. The van der Waals surface area contributed by atoms with Crippen molar-refractivity contribution in [1.29, 1.82) is 0 Å². The number of urea groups is 1. The minimum atomic E-state index is -0.641. The SMILES string of the molecule is NC(=[NH2+])SCCOc1oc(=O)c2cc(NC(=O)NC(c3ccccc3)c3ccccc3)ccc2c1Cl. The average Bonchev–Trinajstić information content (AvgIpc) is 2.89. The second-order valence-electron chi connectivity index (χ2n) is 7.70. The number of anilines is 1. The maximum atomic E-state index is 12.9. The minimum absolute atomic E-state index is 0.0858. The first-order valence-corrected chi connectivity index (χ1v) is 12.4. The molecule has 0 atom stereocenters. The van der Waals surface area contributed by atoms with Gasteiger partial charge in [-0.25, -0.2) is 9.59 Å². The zero-order chi connectivity index (χ0) is 25.5. The third-order valence-electron chi connectivity index (χ3n) is 5.22. The van der Waals surface area contributed by atoms with Gasteiger partial charge in [0, 0.05) is 16.8 Å². The van der Waals surface area contributed by atoms with E-state index in [0.29, 0.717) is 16.8 Å². The monoisotopic (exact) mass is 523 g/mol. The van der Waals surface area contributed by atoms with Crippen molar-refractivity contribution in [3.63, 3.8) is 0 Å². The highest BCUT2D eigenvalue weighted by molar-refractivity contribution is 8.13. The number of amidine groups is 1. The number of carbonyl (C=O) groups excluding carboxylic acids is 1. The van der Waals surface area contributed by atoms with Gasteiger partial charge >= 0.3 is 17.6 Å². The number of amides is 2. The number of nitrogens with one attached hydrogen (secondary N) is 2. The molecule has 0 aliphatic heterocycles. The lowest BCUT2D eigenvalue weighted by atomic mass is 9.99. The molecule has 0 saturated heterocycles. The molecule has 0 aliphatic rings. The lowest BCUT2D eigenvalue weighted by Crippen LogP contribution is -2.43. The van der Waals surface area contributed by atoms with Crippen LogP contribution in [0.2, 0.25) is 5.02 Å². The van der Waals surface area contributed by atoms with Crippen molar-refractivity contribution in [2.75, 3.05) is 17.7 Å². The zero-order valence-electron chi connectivity index (χ0n) is 19.1. The Morgan fingerprint density at radius 1 is 1.03 bits per heavy atom. The summed E-state index contributed by atoms with van der Waals surface area (Å²) in [5.74, 6) is 0.378. The number of benzene rings is 3. The van der Waals surface area contributed by atoms with Gasteiger partial charge in [-0.2, -0.15) is 0 Å². The van der Waals surface area contributed by atoms with Gasteiger partial charge in [0.25, 0.3) is 5.17 Å². The molecule has 0 bridgehead atoms. The lowest BCUT2D eigenvalue weighted by molar-refractivity contribution is -0.110. The lowest BCUT2D eigenvalue weighted by Gasteiger charge is -2.20. The van der Waals surface area contributed by atoms with Gasteiger partial charge in [0.05, 0.1) is 11.4 Å². The Bertz CT molecular complexity index is 1390. The van der Waals surface area contributed by atoms with E-state index < -0.39 is 11.7 Å². The average molecular weight is 524 g/mol. The molecule has 3 aromatic carbocycles. The minimum Gasteiger partial charge on any atom is -0.463 e. The highest BCUT2D eigenvalue weighted by atomic mass is 35.5. The Hall–Kier alpha value is -3.95. The fourth-order valence-corrected chi connectivity index (χ4v) is 4.27. The zero-order valence-corrected chi connectivity index (χ0v) is 20.6. The van der Waals surface area contributed by atoms with E-state index in [9.17, 15) is 9.59 Å². The van der Waals surface area contributed by atoms with Crippen LogP contribution < -0.4 is 32.1 Å². The van der Waals surface area contributed by atoms with Crippen LogP contribution in [-0.4, -0.2) is 23.6 Å². The summed E-state index contributed by atoms with van der Waals surface area (Å²) in [6, 6.07) is 23.3. The number of rotatable bonds is 8. The second kappa shape index (κ2) is 11.7. The van der Waals surface area contributed by atoms with Crippen molar-refractivity contribution >= 4 is 51.0 Å². The fraction of sp³-hybridized carbons (Fsp3) is 0.115. The largest absolute Gasteiger partial charge is 0.463 e. The van der Waals surface area contributed by atoms with Gasteiger partial charge in [0.2, 0.25) is 0 Å². The summed E-state index contributed by atoms with van der Waals surface area (Å²) in [6.07, 6.45) is 0. The van der Waals surface area contributed by atoms with Gasteiger partial charge in [-0.15, -0.1) is 0 Å². The van der Waals surface area contributed by atoms with Crippen LogP contribution in [0.5, 0.6) is 5.95 Å². The summed E-state index contributed by atoms with van der Waals surface area (Å²) in [5.41, 5.74) is 7.03. The molecule has 1 heterocycles. The second-order valence-corrected chi connectivity index (χ2v) is 9.25. The molecule has 36 heavy (non-hydrogen) atoms. The highest BCUT2D eigenvalue weighted by Gasteiger charge is 2.18. The Kier molecular flexibility index (Phi) is 8.14. The number of hydrogen-bond donors (Lipinski definition) is 4. The van der Waals surface area contributed by atoms with Crippen molar-refractivity contribution in [3.8, 4) is 5.95 Å². The van der Waals surface area contributed by atoms with Crippen LogP contribution >= 0.6 is 23.4 Å². The van der Waals surface area contributed by atoms with Gasteiger partial charge in [-0.05, 0) is 35.0 Å². The number of fused-ring (bicyclic) bond motifs is 1. The van der Waals surface area contributed by atoms with Gasteiger partial charge < -0.3 is 19.8 Å². The molecule has 10 heteroatoms. The van der Waals surface area contributed by atoms with Crippen LogP contribution in [0.25, 0.3) is 10.8 Å². The number of hydrogen-bond acceptors (Lipinski definition) is 5. The summed E-state index contributed by atoms with van der Waals surface area (Å²) in [4.78, 5) is 25.5. The van der Waals surface area contributed by atoms with Crippen LogP contribution in [-0.2, 0) is 0 Å². The predicted octanol–water partition coefficient (Wildman–Crippen LogP) is 3.54. The first-order valence-electron chi connectivity index (χ1n) is 11.0. The van der Waals surface area contributed by atoms with E-state index in [4.69, 9.17) is 31.9 Å². The molecule has 2 amide bonds. The normalized spacial score (nSPS) is 10.8. The summed E-state index contributed by atoms with van der Waals surface area (Å²) < 4.78 is 10.7. The molecule has 0 radical (unpaired) electrons. The van der Waals surface area contributed by atoms with Gasteiger partial charge in [-0.1, -0.05) is 78.3 Å². The molecule has 184 valence electrons. The molecule has 4 aromatic rings. The molecule has 1 aromatic heterocycles. The Morgan fingerprint density at radius 2 is 1.67 bits per heavy atom. The van der Waals surface area contributed by atoms with Gasteiger partial charge in [0.15, 0.2) is 0 Å². The summed E-state index contributed by atoms with van der Waals surface area (Å²) >= 11 is 7.61. The third kappa shape index (κ3) is 6.18. The number of thioether (sulfide) groups is 1. The summed E-state index contributed by atoms with van der Waals surface area (Å²) in [6.45, 7) is 0.195. The van der Waals surface area contributed by atoms with Crippen molar-refractivity contribution in [3.05, 3.63) is 105 Å². The first kappa shape index (κ1) is 25.2. The van der Waals surface area contributed by atoms with E-state index in [0.717, 1.165) is 11.1 Å². The molecule has 0 fully saturated rings. The number of nitrogens with two attached hydrogens (primary N) is 2. The summed E-state index contributed by atoms with van der Waals surface area (Å²) in [7, 11) is 0. The van der Waals surface area contributed by atoms with E-state index >= 15 is 0 Å². The van der Waals surface area contributed by atoms with Crippen LogP contribution in [0, 0.1) is 0 Å². The van der Waals surface area contributed by atoms with E-state index in [-0.39, 0.29) is 34.2 Å². The molecule has 0 aliphatic carbocycles. The van der Waals surface area contributed by atoms with E-state index in [1.807, 2.05) is 60.7 Å². The first-order chi connectivity index (χ1) is 17.4. The Balaban J connectivity index is 1.51. The predicted molar refractivity (Wildman–Crippen MR) is 143 cm³/mol. The van der Waals surface area contributed by atoms with E-state index in [1.165, 1.54) is 17.8 Å². The maximum Gasteiger partial charge on any atom is 0.346 e. The third-order valence-corrected chi connectivity index (χ3v) is 6.29. The Labute approximate surface area is 216 Å². The van der Waals surface area contributed by atoms with Gasteiger partial charge in [0.1, 0.15) is 11.6 Å². The van der Waals surface area contributed by atoms with Crippen LogP contribution in [0.4, 0.5) is 10.5 Å². The van der Waals surface area contributed by atoms with Gasteiger partial charge in [-0.3, -0.25) is 11.1 Å². The van der Waals surface area contributed by atoms with Crippen molar-refractivity contribution in [1.82, 2.24) is 5.32 Å². The molecule has 0 saturated carbocycles. The maximum absolute atomic E-state index is 12.9. The smallest absolute Gasteiger partial charge is 0.346 e. The van der Waals surface area contributed by atoms with Crippen molar-refractivity contribution in [2.24, 2.45) is 5.73 Å². The van der Waals surface area contributed by atoms with Crippen molar-refractivity contribution < 1.29 is 19.4 Å². The van der Waals surface area contributed by atoms with Crippen LogP contribution in [0.3, 0.4) is 0 Å². The highest BCUT2D eigenvalue weighted by Crippen LogP contribution is 2.32. The molecule has 4 rings (SSSR count). The van der Waals surface area contributed by atoms with E-state index in [1.54, 1.807) is 12.1 Å².